The standard InChI is InChI=1S/C15H31N3O2S/c1-13(2)18(12-15-5-4-8-16-11-15)21(19,20)17-9-6-14(3)7-10-17/h13-16H,4-12H2,1-3H3. The summed E-state index contributed by atoms with van der Waals surface area (Å²) >= 11 is 0. The Hall–Kier alpha value is -0.170. The number of nitrogens with one attached hydrogen (secondary N) is 1. The van der Waals surface area contributed by atoms with Crippen molar-refractivity contribution < 1.29 is 8.42 Å². The molecule has 5 nitrogen and oxygen atoms in total. The van der Waals surface area contributed by atoms with Crippen molar-refractivity contribution in [2.45, 2.75) is 52.5 Å². The Morgan fingerprint density at radius 1 is 1.24 bits per heavy atom. The molecule has 2 fully saturated rings. The van der Waals surface area contributed by atoms with E-state index < -0.39 is 10.2 Å². The first-order valence-electron chi connectivity index (χ1n) is 8.39. The van der Waals surface area contributed by atoms with Gasteiger partial charge in [-0.05, 0) is 64.5 Å². The molecule has 0 saturated carbocycles. The fraction of sp³-hybridized carbons (Fsp3) is 1.00. The normalized spacial score (nSPS) is 26.6. The third-order valence-electron chi connectivity index (χ3n) is 4.78. The van der Waals surface area contributed by atoms with Crippen LogP contribution in [-0.2, 0) is 10.2 Å². The lowest BCUT2D eigenvalue weighted by Gasteiger charge is -2.37. The van der Waals surface area contributed by atoms with E-state index in [4.69, 9.17) is 0 Å². The third-order valence-corrected chi connectivity index (χ3v) is 6.96. The van der Waals surface area contributed by atoms with Crippen molar-refractivity contribution in [3.63, 3.8) is 0 Å². The SMILES string of the molecule is CC1CCN(S(=O)(=O)N(CC2CCCNC2)C(C)C)CC1. The molecule has 0 aromatic heterocycles. The molecule has 0 spiro atoms. The molecule has 0 aliphatic carbocycles. The van der Waals surface area contributed by atoms with E-state index >= 15 is 0 Å². The average Bonchev–Trinajstić information content (AvgIpc) is 2.46. The molecule has 6 heteroatoms. The van der Waals surface area contributed by atoms with Gasteiger partial charge in [-0.25, -0.2) is 0 Å². The van der Waals surface area contributed by atoms with Gasteiger partial charge in [0.15, 0.2) is 0 Å². The van der Waals surface area contributed by atoms with E-state index in [0.29, 0.717) is 31.5 Å². The van der Waals surface area contributed by atoms with Crippen LogP contribution >= 0.6 is 0 Å². The molecule has 124 valence electrons. The zero-order valence-corrected chi connectivity index (χ0v) is 14.5. The Morgan fingerprint density at radius 3 is 2.43 bits per heavy atom. The van der Waals surface area contributed by atoms with Crippen molar-refractivity contribution in [3.8, 4) is 0 Å². The second-order valence-electron chi connectivity index (χ2n) is 6.97. The van der Waals surface area contributed by atoms with Gasteiger partial charge in [0.25, 0.3) is 10.2 Å². The molecule has 0 amide bonds. The Kier molecular flexibility index (Phi) is 6.05. The largest absolute Gasteiger partial charge is 0.316 e. The summed E-state index contributed by atoms with van der Waals surface area (Å²) in [4.78, 5) is 0. The van der Waals surface area contributed by atoms with Crippen LogP contribution in [0.3, 0.4) is 0 Å². The monoisotopic (exact) mass is 317 g/mol. The maximum absolute atomic E-state index is 12.9. The number of hydrogen-bond donors (Lipinski definition) is 1. The van der Waals surface area contributed by atoms with Crippen LogP contribution in [0.1, 0.15) is 46.5 Å². The Labute approximate surface area is 130 Å². The number of hydrogen-bond acceptors (Lipinski definition) is 3. The van der Waals surface area contributed by atoms with E-state index in [2.05, 4.69) is 12.2 Å². The summed E-state index contributed by atoms with van der Waals surface area (Å²) in [5.74, 6) is 1.09. The summed E-state index contributed by atoms with van der Waals surface area (Å²) < 4.78 is 29.3. The van der Waals surface area contributed by atoms with Crippen molar-refractivity contribution >= 4 is 10.2 Å². The minimum atomic E-state index is -3.31. The van der Waals surface area contributed by atoms with E-state index in [1.165, 1.54) is 0 Å². The molecule has 1 unspecified atom stereocenters. The highest BCUT2D eigenvalue weighted by molar-refractivity contribution is 7.86. The maximum atomic E-state index is 12.9. The van der Waals surface area contributed by atoms with Crippen LogP contribution in [0, 0.1) is 11.8 Å². The van der Waals surface area contributed by atoms with Gasteiger partial charge in [-0.1, -0.05) is 6.92 Å². The van der Waals surface area contributed by atoms with Gasteiger partial charge >= 0.3 is 0 Å². The van der Waals surface area contributed by atoms with Gasteiger partial charge in [0.05, 0.1) is 0 Å². The Morgan fingerprint density at radius 2 is 1.90 bits per heavy atom. The topological polar surface area (TPSA) is 52.7 Å². The van der Waals surface area contributed by atoms with Crippen molar-refractivity contribution in [1.82, 2.24) is 13.9 Å². The molecule has 0 aromatic carbocycles. The molecule has 2 rings (SSSR count). The van der Waals surface area contributed by atoms with Crippen LogP contribution in [-0.4, -0.2) is 55.8 Å². The molecule has 0 aromatic rings. The first kappa shape index (κ1) is 17.2. The van der Waals surface area contributed by atoms with Crippen LogP contribution < -0.4 is 5.32 Å². The van der Waals surface area contributed by atoms with Gasteiger partial charge in [-0.2, -0.15) is 17.0 Å². The first-order chi connectivity index (χ1) is 9.91. The summed E-state index contributed by atoms with van der Waals surface area (Å²) in [6.45, 7) is 10.2. The van der Waals surface area contributed by atoms with Gasteiger partial charge in [-0.3, -0.25) is 0 Å². The first-order valence-corrected chi connectivity index (χ1v) is 9.78. The molecule has 0 radical (unpaired) electrons. The fourth-order valence-electron chi connectivity index (χ4n) is 3.27. The fourth-order valence-corrected chi connectivity index (χ4v) is 5.17. The highest BCUT2D eigenvalue weighted by atomic mass is 32.2. The van der Waals surface area contributed by atoms with Crippen LogP contribution in [0.15, 0.2) is 0 Å². The molecular weight excluding hydrogens is 286 g/mol. The second-order valence-corrected chi connectivity index (χ2v) is 8.85. The summed E-state index contributed by atoms with van der Waals surface area (Å²) in [6, 6.07) is 0.0243. The second kappa shape index (κ2) is 7.40. The average molecular weight is 317 g/mol. The highest BCUT2D eigenvalue weighted by Gasteiger charge is 2.35. The lowest BCUT2D eigenvalue weighted by molar-refractivity contribution is 0.225. The van der Waals surface area contributed by atoms with Crippen LogP contribution in [0.5, 0.6) is 0 Å². The van der Waals surface area contributed by atoms with E-state index in [-0.39, 0.29) is 6.04 Å². The molecule has 0 bridgehead atoms. The number of rotatable bonds is 5. The minimum absolute atomic E-state index is 0.0243. The Balaban J connectivity index is 2.04. The summed E-state index contributed by atoms with van der Waals surface area (Å²) in [5, 5.41) is 3.38. The summed E-state index contributed by atoms with van der Waals surface area (Å²) in [6.07, 6.45) is 4.24. The van der Waals surface area contributed by atoms with Crippen LogP contribution in [0.4, 0.5) is 0 Å². The van der Waals surface area contributed by atoms with E-state index in [1.54, 1.807) is 8.61 Å². The predicted octanol–water partition coefficient (Wildman–Crippen LogP) is 1.67. The van der Waals surface area contributed by atoms with E-state index in [9.17, 15) is 8.42 Å². The van der Waals surface area contributed by atoms with Crippen LogP contribution in [0.25, 0.3) is 0 Å². The van der Waals surface area contributed by atoms with Crippen molar-refractivity contribution in [2.75, 3.05) is 32.7 Å². The third kappa shape index (κ3) is 4.41. The van der Waals surface area contributed by atoms with E-state index in [0.717, 1.165) is 38.8 Å². The minimum Gasteiger partial charge on any atom is -0.316 e. The maximum Gasteiger partial charge on any atom is 0.282 e. The van der Waals surface area contributed by atoms with Gasteiger partial charge in [0.2, 0.25) is 0 Å². The summed E-state index contributed by atoms with van der Waals surface area (Å²) in [5.41, 5.74) is 0. The quantitative estimate of drug-likeness (QED) is 0.839. The zero-order valence-electron chi connectivity index (χ0n) is 13.7. The number of piperidine rings is 2. The molecule has 2 aliphatic rings. The zero-order chi connectivity index (χ0) is 15.5. The molecule has 2 aliphatic heterocycles. The van der Waals surface area contributed by atoms with Crippen molar-refractivity contribution in [2.24, 2.45) is 11.8 Å². The molecule has 1 N–H and O–H groups in total. The van der Waals surface area contributed by atoms with E-state index in [1.807, 2.05) is 13.8 Å². The van der Waals surface area contributed by atoms with Gasteiger partial charge < -0.3 is 5.32 Å². The summed E-state index contributed by atoms with van der Waals surface area (Å²) in [7, 11) is -3.31. The lowest BCUT2D eigenvalue weighted by atomic mass is 9.99. The van der Waals surface area contributed by atoms with Gasteiger partial charge in [0, 0.05) is 25.7 Å². The predicted molar refractivity (Wildman–Crippen MR) is 86.3 cm³/mol. The van der Waals surface area contributed by atoms with Gasteiger partial charge in [-0.15, -0.1) is 0 Å². The molecule has 21 heavy (non-hydrogen) atoms. The highest BCUT2D eigenvalue weighted by Crippen LogP contribution is 2.24. The van der Waals surface area contributed by atoms with Gasteiger partial charge in [0.1, 0.15) is 0 Å². The van der Waals surface area contributed by atoms with Crippen molar-refractivity contribution in [3.05, 3.63) is 0 Å². The Bertz CT molecular complexity index is 411. The smallest absolute Gasteiger partial charge is 0.282 e. The molecule has 1 atom stereocenters. The van der Waals surface area contributed by atoms with Crippen molar-refractivity contribution in [1.29, 1.82) is 0 Å². The molecule has 2 saturated heterocycles. The number of nitrogens with zero attached hydrogens (tertiary/aromatic N) is 2. The molecule has 2 heterocycles. The lowest BCUT2D eigenvalue weighted by Crippen LogP contribution is -2.51. The molecular formula is C15H31N3O2S. The van der Waals surface area contributed by atoms with Crippen LogP contribution in [0.2, 0.25) is 0 Å².